The Morgan fingerprint density at radius 3 is 2.33 bits per heavy atom. The first-order valence-corrected chi connectivity index (χ1v) is 12.7. The second-order valence-electron chi connectivity index (χ2n) is 7.55. The molecule has 7 nitrogen and oxygen atoms in total. The van der Waals surface area contributed by atoms with Gasteiger partial charge >= 0.3 is 0 Å². The highest BCUT2D eigenvalue weighted by atomic mass is 32.2. The summed E-state index contributed by atoms with van der Waals surface area (Å²) in [5, 5.41) is 0. The van der Waals surface area contributed by atoms with Crippen molar-refractivity contribution in [1.29, 1.82) is 0 Å². The number of benzene rings is 2. The maximum Gasteiger partial charge on any atom is 0.261 e. The van der Waals surface area contributed by atoms with E-state index in [4.69, 9.17) is 9.29 Å². The van der Waals surface area contributed by atoms with Crippen molar-refractivity contribution in [2.24, 2.45) is 0 Å². The van der Waals surface area contributed by atoms with Gasteiger partial charge in [-0.15, -0.1) is 0 Å². The minimum Gasteiger partial charge on any atom is -0.495 e. The first-order chi connectivity index (χ1) is 14.2. The normalized spacial score (nSPS) is 22.1. The molecule has 0 amide bonds. The molecule has 0 bridgehead atoms. The lowest BCUT2D eigenvalue weighted by atomic mass is 9.96. The molecule has 1 saturated heterocycles. The predicted molar refractivity (Wildman–Crippen MR) is 117 cm³/mol. The number of ether oxygens (including phenoxy) is 1. The minimum absolute atomic E-state index is 0.242. The molecule has 164 valence electrons. The quantitative estimate of drug-likeness (QED) is 0.699. The molecule has 9 heteroatoms. The van der Waals surface area contributed by atoms with Crippen LogP contribution in [0, 0.1) is 0 Å². The van der Waals surface area contributed by atoms with Gasteiger partial charge in [0.15, 0.2) is 0 Å². The van der Waals surface area contributed by atoms with Crippen LogP contribution in [0.1, 0.15) is 17.2 Å². The van der Waals surface area contributed by atoms with Gasteiger partial charge in [-0.25, -0.2) is 4.21 Å². The molecule has 2 aromatic rings. The van der Waals surface area contributed by atoms with Crippen LogP contribution in [0.2, 0.25) is 0 Å². The Kier molecular flexibility index (Phi) is 7.30. The van der Waals surface area contributed by atoms with Crippen molar-refractivity contribution in [2.75, 3.05) is 46.6 Å². The van der Waals surface area contributed by atoms with Crippen LogP contribution >= 0.6 is 0 Å². The third-order valence-corrected chi connectivity index (χ3v) is 6.94. The van der Waals surface area contributed by atoms with E-state index in [-0.39, 0.29) is 6.04 Å². The highest BCUT2D eigenvalue weighted by molar-refractivity contribution is 7.85. The van der Waals surface area contributed by atoms with Crippen LogP contribution in [0.4, 0.5) is 0 Å². The monoisotopic (exact) mass is 452 g/mol. The Bertz CT molecular complexity index is 1010. The summed E-state index contributed by atoms with van der Waals surface area (Å²) < 4.78 is 44.8. The summed E-state index contributed by atoms with van der Waals surface area (Å²) in [5.74, 6) is 0.728. The Hall–Kier alpha value is -1.78. The van der Waals surface area contributed by atoms with Gasteiger partial charge in [0.05, 0.1) is 29.1 Å². The predicted octanol–water partition coefficient (Wildman–Crippen LogP) is 2.21. The van der Waals surface area contributed by atoms with E-state index in [1.54, 1.807) is 7.11 Å². The highest BCUT2D eigenvalue weighted by Crippen LogP contribution is 2.41. The third-order valence-electron chi connectivity index (χ3n) is 5.34. The van der Waals surface area contributed by atoms with E-state index < -0.39 is 20.9 Å². The van der Waals surface area contributed by atoms with Gasteiger partial charge in [-0.05, 0) is 36.7 Å². The molecule has 0 aliphatic carbocycles. The average molecular weight is 453 g/mol. The molecule has 4 rings (SSSR count). The number of hydrogen-bond donors (Lipinski definition) is 1. The molecule has 0 radical (unpaired) electrons. The van der Waals surface area contributed by atoms with E-state index in [9.17, 15) is 12.6 Å². The average Bonchev–Trinajstić information content (AvgIpc) is 2.83. The highest BCUT2D eigenvalue weighted by Gasteiger charge is 2.33. The number of likely N-dealkylation sites (N-methyl/N-ethyl adjacent to an activating group) is 1. The molecule has 1 fully saturated rings. The smallest absolute Gasteiger partial charge is 0.261 e. The minimum atomic E-state index is -3.67. The van der Waals surface area contributed by atoms with Crippen molar-refractivity contribution >= 4 is 20.9 Å². The topological polar surface area (TPSA) is 87.2 Å². The molecule has 2 aromatic carbocycles. The Morgan fingerprint density at radius 1 is 1.07 bits per heavy atom. The number of piperazine rings is 1. The van der Waals surface area contributed by atoms with Crippen LogP contribution in [-0.4, -0.2) is 73.6 Å². The molecule has 2 aliphatic heterocycles. The first kappa shape index (κ1) is 22.9. The van der Waals surface area contributed by atoms with E-state index in [1.165, 1.54) is 5.56 Å². The number of fused-ring (bicyclic) bond motifs is 2. The van der Waals surface area contributed by atoms with Crippen LogP contribution in [0.3, 0.4) is 0 Å². The van der Waals surface area contributed by atoms with Crippen LogP contribution in [0.5, 0.6) is 5.75 Å². The zero-order valence-electron chi connectivity index (χ0n) is 17.4. The van der Waals surface area contributed by atoms with Crippen molar-refractivity contribution in [3.63, 3.8) is 0 Å². The molecule has 0 spiro atoms. The summed E-state index contributed by atoms with van der Waals surface area (Å²) in [6, 6.07) is 14.4. The third kappa shape index (κ3) is 5.47. The van der Waals surface area contributed by atoms with Crippen LogP contribution in [-0.2, 0) is 27.3 Å². The van der Waals surface area contributed by atoms with Crippen LogP contribution < -0.4 is 4.74 Å². The van der Waals surface area contributed by atoms with Crippen molar-refractivity contribution < 1.29 is 21.9 Å². The van der Waals surface area contributed by atoms with Gasteiger partial charge in [0.25, 0.3) is 10.1 Å². The fourth-order valence-electron chi connectivity index (χ4n) is 3.90. The summed E-state index contributed by atoms with van der Waals surface area (Å²) in [6.45, 7) is 4.21. The van der Waals surface area contributed by atoms with E-state index >= 15 is 0 Å². The van der Waals surface area contributed by atoms with Gasteiger partial charge in [0.2, 0.25) is 0 Å². The molecular formula is C21H28N2O5S2. The summed E-state index contributed by atoms with van der Waals surface area (Å²) in [4.78, 5) is 6.67. The van der Waals surface area contributed by atoms with Gasteiger partial charge in [0, 0.05) is 37.1 Å². The van der Waals surface area contributed by atoms with Crippen molar-refractivity contribution in [3.05, 3.63) is 53.6 Å². The fourth-order valence-corrected chi connectivity index (χ4v) is 5.46. The zero-order valence-corrected chi connectivity index (χ0v) is 19.1. The van der Waals surface area contributed by atoms with Crippen molar-refractivity contribution in [1.82, 2.24) is 9.80 Å². The molecule has 30 heavy (non-hydrogen) atoms. The maximum atomic E-state index is 13.4. The van der Waals surface area contributed by atoms with Crippen LogP contribution in [0.25, 0.3) is 0 Å². The molecule has 2 heterocycles. The Morgan fingerprint density at radius 2 is 1.70 bits per heavy atom. The zero-order chi connectivity index (χ0) is 21.9. The van der Waals surface area contributed by atoms with E-state index in [0.29, 0.717) is 6.26 Å². The summed E-state index contributed by atoms with van der Waals surface area (Å²) in [7, 11) is -1.05. The summed E-state index contributed by atoms with van der Waals surface area (Å²) >= 11 is 0. The summed E-state index contributed by atoms with van der Waals surface area (Å²) in [5.41, 5.74) is 2.33. The Balaban J connectivity index is 0.000000461. The van der Waals surface area contributed by atoms with Crippen molar-refractivity contribution in [2.45, 2.75) is 22.3 Å². The van der Waals surface area contributed by atoms with Crippen LogP contribution in [0.15, 0.2) is 52.3 Å². The SMILES string of the molecule is COc1cccc2c1S(=O)c1ccccc1CC2N1CCN(C)CC1.CS(=O)(=O)O. The van der Waals surface area contributed by atoms with Gasteiger partial charge in [-0.2, -0.15) is 8.42 Å². The number of methoxy groups -OCH3 is 1. The standard InChI is InChI=1S/C20H24N2O2S.CH4O3S/c1-21-10-12-22(13-11-21)17-14-15-6-3-4-9-19(15)25(23)20-16(17)7-5-8-18(20)24-2;1-5(2,3)4/h3-9,17H,10-14H2,1-2H3;1H3,(H,2,3,4). The number of rotatable bonds is 2. The molecule has 0 saturated carbocycles. The van der Waals surface area contributed by atoms with Crippen molar-refractivity contribution in [3.8, 4) is 5.75 Å². The Labute approximate surface area is 180 Å². The van der Waals surface area contributed by atoms with Gasteiger partial charge in [-0.1, -0.05) is 30.3 Å². The lowest BCUT2D eigenvalue weighted by Crippen LogP contribution is -2.46. The summed E-state index contributed by atoms with van der Waals surface area (Å²) in [6.07, 6.45) is 1.61. The second kappa shape index (κ2) is 9.57. The largest absolute Gasteiger partial charge is 0.495 e. The van der Waals surface area contributed by atoms with Gasteiger partial charge in [-0.3, -0.25) is 9.45 Å². The molecule has 2 unspecified atom stereocenters. The van der Waals surface area contributed by atoms with E-state index in [2.05, 4.69) is 29.0 Å². The first-order valence-electron chi connectivity index (χ1n) is 9.70. The van der Waals surface area contributed by atoms with E-state index in [0.717, 1.165) is 53.7 Å². The number of nitrogens with zero attached hydrogens (tertiary/aromatic N) is 2. The molecular weight excluding hydrogens is 424 g/mol. The van der Waals surface area contributed by atoms with E-state index in [1.807, 2.05) is 30.3 Å². The molecule has 0 aromatic heterocycles. The fraction of sp³-hybridized carbons (Fsp3) is 0.429. The lowest BCUT2D eigenvalue weighted by Gasteiger charge is -2.38. The van der Waals surface area contributed by atoms with Gasteiger partial charge < -0.3 is 9.64 Å². The maximum absolute atomic E-state index is 13.4. The number of hydrogen-bond acceptors (Lipinski definition) is 6. The lowest BCUT2D eigenvalue weighted by molar-refractivity contribution is 0.109. The second-order valence-corrected chi connectivity index (χ2v) is 10.4. The molecule has 2 atom stereocenters. The molecule has 2 aliphatic rings. The van der Waals surface area contributed by atoms with Gasteiger partial charge in [0.1, 0.15) is 5.75 Å². The molecule has 1 N–H and O–H groups in total.